The van der Waals surface area contributed by atoms with E-state index in [2.05, 4.69) is 6.92 Å². The molecule has 1 unspecified atom stereocenters. The van der Waals surface area contributed by atoms with E-state index in [-0.39, 0.29) is 18.0 Å². The molecule has 0 bridgehead atoms. The number of rotatable bonds is 10. The van der Waals surface area contributed by atoms with Gasteiger partial charge >= 0.3 is 0 Å². The van der Waals surface area contributed by atoms with Crippen molar-refractivity contribution in [3.63, 3.8) is 0 Å². The quantitative estimate of drug-likeness (QED) is 0.587. The van der Waals surface area contributed by atoms with Crippen LogP contribution in [0.2, 0.25) is 0 Å². The largest absolute Gasteiger partial charge is 0.358 e. The molecule has 1 aromatic rings. The summed E-state index contributed by atoms with van der Waals surface area (Å²) in [7, 11) is 0. The summed E-state index contributed by atoms with van der Waals surface area (Å²) in [6.45, 7) is 3.34. The summed E-state index contributed by atoms with van der Waals surface area (Å²) in [5.41, 5.74) is 0.813. The predicted molar refractivity (Wildman–Crippen MR) is 89.3 cm³/mol. The second-order valence-electron chi connectivity index (χ2n) is 6.28. The third kappa shape index (κ3) is 5.94. The number of halogens is 1. The highest BCUT2D eigenvalue weighted by atomic mass is 19.1. The lowest BCUT2D eigenvalue weighted by Crippen LogP contribution is -2.34. The summed E-state index contributed by atoms with van der Waals surface area (Å²) < 4.78 is 19.2. The lowest BCUT2D eigenvalue weighted by atomic mass is 10.1. The molecule has 1 heterocycles. The molecule has 0 N–H and O–H groups in total. The van der Waals surface area contributed by atoms with Crippen molar-refractivity contribution < 1.29 is 13.9 Å². The number of amides is 1. The fourth-order valence-electron chi connectivity index (χ4n) is 3.00. The van der Waals surface area contributed by atoms with Gasteiger partial charge < -0.3 is 9.64 Å². The van der Waals surface area contributed by atoms with Crippen LogP contribution in [0.25, 0.3) is 0 Å². The van der Waals surface area contributed by atoms with E-state index in [1.54, 1.807) is 11.0 Å². The van der Waals surface area contributed by atoms with Gasteiger partial charge in [-0.05, 0) is 24.1 Å². The Morgan fingerprint density at radius 2 is 2.00 bits per heavy atom. The number of carbonyl (C=O) groups excluding carboxylic acids is 1. The molecule has 0 saturated carbocycles. The normalized spacial score (nSPS) is 17.9. The van der Waals surface area contributed by atoms with Crippen molar-refractivity contribution in [1.82, 2.24) is 4.90 Å². The SMILES string of the molecule is CCCCCCCCOC1CCC(=O)N1Cc1cccc(F)c1. The van der Waals surface area contributed by atoms with E-state index in [0.717, 1.165) is 18.4 Å². The molecule has 23 heavy (non-hydrogen) atoms. The van der Waals surface area contributed by atoms with Crippen molar-refractivity contribution in [3.8, 4) is 0 Å². The zero-order chi connectivity index (χ0) is 16.5. The van der Waals surface area contributed by atoms with Crippen molar-refractivity contribution in [1.29, 1.82) is 0 Å². The molecule has 0 radical (unpaired) electrons. The van der Waals surface area contributed by atoms with Crippen molar-refractivity contribution in [3.05, 3.63) is 35.6 Å². The van der Waals surface area contributed by atoms with Gasteiger partial charge in [0.1, 0.15) is 12.0 Å². The topological polar surface area (TPSA) is 29.5 Å². The van der Waals surface area contributed by atoms with E-state index in [1.807, 2.05) is 6.07 Å². The molecule has 1 saturated heterocycles. The maximum Gasteiger partial charge on any atom is 0.225 e. The van der Waals surface area contributed by atoms with Crippen LogP contribution in [0.15, 0.2) is 24.3 Å². The molecule has 3 nitrogen and oxygen atoms in total. The van der Waals surface area contributed by atoms with Gasteiger partial charge in [-0.1, -0.05) is 51.2 Å². The summed E-state index contributed by atoms with van der Waals surface area (Å²) in [4.78, 5) is 13.8. The zero-order valence-electron chi connectivity index (χ0n) is 14.1. The molecule has 128 valence electrons. The summed E-state index contributed by atoms with van der Waals surface area (Å²) >= 11 is 0. The Kier molecular flexibility index (Phi) is 7.53. The Labute approximate surface area is 138 Å². The number of ether oxygens (including phenoxy) is 1. The number of benzene rings is 1. The Morgan fingerprint density at radius 3 is 2.78 bits per heavy atom. The molecular weight excluding hydrogens is 293 g/mol. The van der Waals surface area contributed by atoms with Crippen LogP contribution in [-0.4, -0.2) is 23.6 Å². The van der Waals surface area contributed by atoms with Gasteiger partial charge in [0.05, 0.1) is 0 Å². The van der Waals surface area contributed by atoms with Gasteiger partial charge in [-0.25, -0.2) is 4.39 Å². The Balaban J connectivity index is 1.74. The summed E-state index contributed by atoms with van der Waals surface area (Å²) in [6, 6.07) is 6.43. The third-order valence-electron chi connectivity index (χ3n) is 4.32. The van der Waals surface area contributed by atoms with Gasteiger partial charge in [0.15, 0.2) is 0 Å². The highest BCUT2D eigenvalue weighted by Crippen LogP contribution is 2.23. The predicted octanol–water partition coefficient (Wildman–Crippen LogP) is 4.65. The zero-order valence-corrected chi connectivity index (χ0v) is 14.1. The fourth-order valence-corrected chi connectivity index (χ4v) is 3.00. The summed E-state index contributed by atoms with van der Waals surface area (Å²) in [5.74, 6) is -0.166. The van der Waals surface area contributed by atoms with Crippen molar-refractivity contribution in [2.75, 3.05) is 6.61 Å². The maximum atomic E-state index is 13.3. The van der Waals surface area contributed by atoms with Crippen LogP contribution in [0.3, 0.4) is 0 Å². The van der Waals surface area contributed by atoms with E-state index in [0.29, 0.717) is 19.6 Å². The standard InChI is InChI=1S/C19H28FNO2/c1-2-3-4-5-6-7-13-23-19-12-11-18(22)21(19)15-16-9-8-10-17(20)14-16/h8-10,14,19H,2-7,11-13,15H2,1H3. The van der Waals surface area contributed by atoms with Crippen LogP contribution in [0.1, 0.15) is 63.9 Å². The molecule has 0 aliphatic carbocycles. The van der Waals surface area contributed by atoms with Crippen LogP contribution in [-0.2, 0) is 16.1 Å². The van der Waals surface area contributed by atoms with Crippen LogP contribution >= 0.6 is 0 Å². The van der Waals surface area contributed by atoms with E-state index in [9.17, 15) is 9.18 Å². The first-order chi connectivity index (χ1) is 11.2. The lowest BCUT2D eigenvalue weighted by molar-refractivity contribution is -0.137. The van der Waals surface area contributed by atoms with E-state index in [4.69, 9.17) is 4.74 Å². The van der Waals surface area contributed by atoms with Gasteiger partial charge in [-0.15, -0.1) is 0 Å². The van der Waals surface area contributed by atoms with E-state index >= 15 is 0 Å². The molecule has 4 heteroatoms. The summed E-state index contributed by atoms with van der Waals surface area (Å²) in [5, 5.41) is 0. The van der Waals surface area contributed by atoms with Gasteiger partial charge in [-0.3, -0.25) is 4.79 Å². The Morgan fingerprint density at radius 1 is 1.22 bits per heavy atom. The molecule has 1 atom stereocenters. The molecule has 0 spiro atoms. The highest BCUT2D eigenvalue weighted by Gasteiger charge is 2.31. The average molecular weight is 321 g/mol. The molecule has 1 aromatic carbocycles. The molecule has 2 rings (SSSR count). The molecule has 0 aromatic heterocycles. The molecule has 1 aliphatic heterocycles. The summed E-state index contributed by atoms with van der Waals surface area (Å²) in [6.07, 6.45) is 8.46. The minimum absolute atomic E-state index is 0.0993. The highest BCUT2D eigenvalue weighted by molar-refractivity contribution is 5.78. The van der Waals surface area contributed by atoms with Crippen molar-refractivity contribution >= 4 is 5.91 Å². The van der Waals surface area contributed by atoms with Gasteiger partial charge in [0, 0.05) is 26.0 Å². The maximum absolute atomic E-state index is 13.3. The number of likely N-dealkylation sites (tertiary alicyclic amines) is 1. The second-order valence-corrected chi connectivity index (χ2v) is 6.28. The first kappa shape index (κ1) is 17.9. The van der Waals surface area contributed by atoms with Crippen LogP contribution in [0.5, 0.6) is 0 Å². The van der Waals surface area contributed by atoms with Crippen LogP contribution in [0, 0.1) is 5.82 Å². The molecule has 1 aliphatic rings. The van der Waals surface area contributed by atoms with Crippen molar-refractivity contribution in [2.24, 2.45) is 0 Å². The average Bonchev–Trinajstić information content (AvgIpc) is 2.87. The van der Waals surface area contributed by atoms with Crippen molar-refractivity contribution in [2.45, 2.75) is 71.1 Å². The van der Waals surface area contributed by atoms with Gasteiger partial charge in [0.25, 0.3) is 0 Å². The number of hydrogen-bond acceptors (Lipinski definition) is 2. The monoisotopic (exact) mass is 321 g/mol. The minimum atomic E-state index is -0.265. The first-order valence-electron chi connectivity index (χ1n) is 8.86. The number of hydrogen-bond donors (Lipinski definition) is 0. The Bertz CT molecular complexity index is 492. The smallest absolute Gasteiger partial charge is 0.225 e. The minimum Gasteiger partial charge on any atom is -0.358 e. The molecule has 1 amide bonds. The third-order valence-corrected chi connectivity index (χ3v) is 4.32. The molecular formula is C19H28FNO2. The van der Waals surface area contributed by atoms with Crippen LogP contribution in [0.4, 0.5) is 4.39 Å². The lowest BCUT2D eigenvalue weighted by Gasteiger charge is -2.25. The second kappa shape index (κ2) is 9.66. The Hall–Kier alpha value is -1.42. The van der Waals surface area contributed by atoms with E-state index in [1.165, 1.54) is 44.2 Å². The first-order valence-corrected chi connectivity index (χ1v) is 8.86. The van der Waals surface area contributed by atoms with Gasteiger partial charge in [-0.2, -0.15) is 0 Å². The fraction of sp³-hybridized carbons (Fsp3) is 0.632. The molecule has 1 fully saturated rings. The van der Waals surface area contributed by atoms with Gasteiger partial charge in [0.2, 0.25) is 5.91 Å². The number of unbranched alkanes of at least 4 members (excludes halogenated alkanes) is 5. The van der Waals surface area contributed by atoms with Crippen LogP contribution < -0.4 is 0 Å². The number of nitrogens with zero attached hydrogens (tertiary/aromatic N) is 1. The van der Waals surface area contributed by atoms with E-state index < -0.39 is 0 Å². The number of carbonyl (C=O) groups is 1.